The monoisotopic (exact) mass is 239 g/mol. The van der Waals surface area contributed by atoms with E-state index < -0.39 is 10.1 Å². The van der Waals surface area contributed by atoms with E-state index in [1.807, 2.05) is 13.0 Å². The quantitative estimate of drug-likeness (QED) is 0.749. The molecule has 0 aliphatic heterocycles. The largest absolute Gasteiger partial charge is 0.270 e. The van der Waals surface area contributed by atoms with Gasteiger partial charge in [-0.15, -0.1) is 0 Å². The lowest BCUT2D eigenvalue weighted by atomic mass is 10.0. The van der Waals surface area contributed by atoms with E-state index in [9.17, 15) is 8.42 Å². The van der Waals surface area contributed by atoms with E-state index in [0.717, 1.165) is 11.8 Å². The molecule has 5 heteroatoms. The second-order valence-electron chi connectivity index (χ2n) is 3.62. The molecule has 0 spiro atoms. The molecule has 1 rings (SSSR count). The molecule has 1 unspecified atom stereocenters. The van der Waals surface area contributed by atoms with E-state index in [2.05, 4.69) is 0 Å². The Hall–Kier alpha value is -1.38. The van der Waals surface area contributed by atoms with E-state index in [0.29, 0.717) is 5.56 Å². The standard InChI is InChI=1S/C11H13NO3S/c1-9(8-15-16(2,13)14)11-5-3-10(7-12)4-6-11/h3-6,9H,8H2,1-2H3. The zero-order valence-electron chi connectivity index (χ0n) is 9.17. The fourth-order valence-corrected chi connectivity index (χ4v) is 1.66. The normalized spacial score (nSPS) is 13.1. The first-order valence-electron chi connectivity index (χ1n) is 4.77. The number of hydrogen-bond donors (Lipinski definition) is 0. The lowest BCUT2D eigenvalue weighted by Gasteiger charge is -2.10. The van der Waals surface area contributed by atoms with Crippen LogP contribution in [-0.2, 0) is 14.3 Å². The van der Waals surface area contributed by atoms with Crippen LogP contribution in [0, 0.1) is 11.3 Å². The van der Waals surface area contributed by atoms with Crippen LogP contribution < -0.4 is 0 Å². The van der Waals surface area contributed by atoms with Crippen LogP contribution in [0.25, 0.3) is 0 Å². The van der Waals surface area contributed by atoms with Crippen molar-refractivity contribution in [1.29, 1.82) is 5.26 Å². The summed E-state index contributed by atoms with van der Waals surface area (Å²) in [5.74, 6) is -0.0255. The number of nitriles is 1. The molecular formula is C11H13NO3S. The molecule has 0 radical (unpaired) electrons. The summed E-state index contributed by atoms with van der Waals surface area (Å²) >= 11 is 0. The molecule has 1 atom stereocenters. The minimum atomic E-state index is -3.39. The fraction of sp³-hybridized carbons (Fsp3) is 0.364. The van der Waals surface area contributed by atoms with Gasteiger partial charge in [0.2, 0.25) is 0 Å². The van der Waals surface area contributed by atoms with Gasteiger partial charge >= 0.3 is 0 Å². The molecule has 0 aliphatic rings. The molecule has 1 aromatic rings. The van der Waals surface area contributed by atoms with Crippen LogP contribution >= 0.6 is 0 Å². The van der Waals surface area contributed by atoms with Crippen LogP contribution in [-0.4, -0.2) is 21.3 Å². The van der Waals surface area contributed by atoms with Gasteiger partial charge in [0.25, 0.3) is 10.1 Å². The topological polar surface area (TPSA) is 67.2 Å². The van der Waals surface area contributed by atoms with E-state index in [1.165, 1.54) is 0 Å². The van der Waals surface area contributed by atoms with Crippen molar-refractivity contribution in [1.82, 2.24) is 0 Å². The highest BCUT2D eigenvalue weighted by Gasteiger charge is 2.09. The van der Waals surface area contributed by atoms with Gasteiger partial charge < -0.3 is 0 Å². The number of benzene rings is 1. The third kappa shape index (κ3) is 4.01. The summed E-state index contributed by atoms with van der Waals surface area (Å²) in [6.45, 7) is 1.98. The van der Waals surface area contributed by atoms with Crippen molar-refractivity contribution < 1.29 is 12.6 Å². The molecule has 0 amide bonds. The van der Waals surface area contributed by atoms with E-state index in [4.69, 9.17) is 9.44 Å². The maximum atomic E-state index is 10.8. The Kier molecular flexibility index (Phi) is 4.05. The molecule has 0 fully saturated rings. The van der Waals surface area contributed by atoms with Crippen LogP contribution in [0.5, 0.6) is 0 Å². The number of rotatable bonds is 4. The van der Waals surface area contributed by atoms with E-state index >= 15 is 0 Å². The number of hydrogen-bond acceptors (Lipinski definition) is 4. The van der Waals surface area contributed by atoms with E-state index in [1.54, 1.807) is 24.3 Å². The average molecular weight is 239 g/mol. The molecule has 16 heavy (non-hydrogen) atoms. The van der Waals surface area contributed by atoms with Crippen LogP contribution in [0.1, 0.15) is 24.0 Å². The van der Waals surface area contributed by atoms with Gasteiger partial charge in [-0.05, 0) is 17.7 Å². The SMILES string of the molecule is CC(COS(C)(=O)=O)c1ccc(C#N)cc1. The minimum absolute atomic E-state index is 0.0255. The van der Waals surface area contributed by atoms with Crippen molar-refractivity contribution in [3.8, 4) is 6.07 Å². The van der Waals surface area contributed by atoms with Gasteiger partial charge in [0.1, 0.15) is 0 Å². The summed E-state index contributed by atoms with van der Waals surface area (Å²) in [4.78, 5) is 0. The number of nitrogens with zero attached hydrogens (tertiary/aromatic N) is 1. The maximum absolute atomic E-state index is 10.8. The third-order valence-electron chi connectivity index (χ3n) is 2.14. The molecule has 86 valence electrons. The molecular weight excluding hydrogens is 226 g/mol. The van der Waals surface area contributed by atoms with Crippen molar-refractivity contribution in [2.24, 2.45) is 0 Å². The predicted molar refractivity (Wildman–Crippen MR) is 60.4 cm³/mol. The third-order valence-corrected chi connectivity index (χ3v) is 2.71. The second-order valence-corrected chi connectivity index (χ2v) is 5.27. The molecule has 1 aromatic carbocycles. The van der Waals surface area contributed by atoms with Crippen LogP contribution in [0.3, 0.4) is 0 Å². The Bertz CT molecular complexity index is 485. The first kappa shape index (κ1) is 12.7. The van der Waals surface area contributed by atoms with Crippen molar-refractivity contribution in [2.45, 2.75) is 12.8 Å². The summed E-state index contributed by atoms with van der Waals surface area (Å²) in [6, 6.07) is 9.02. The highest BCUT2D eigenvalue weighted by atomic mass is 32.2. The van der Waals surface area contributed by atoms with Gasteiger partial charge in [-0.3, -0.25) is 4.18 Å². The first-order valence-corrected chi connectivity index (χ1v) is 6.58. The van der Waals surface area contributed by atoms with Gasteiger partial charge in [0.05, 0.1) is 24.5 Å². The molecule has 0 N–H and O–H groups in total. The Morgan fingerprint density at radius 1 is 1.38 bits per heavy atom. The van der Waals surface area contributed by atoms with Crippen LogP contribution in [0.4, 0.5) is 0 Å². The maximum Gasteiger partial charge on any atom is 0.264 e. The van der Waals surface area contributed by atoms with Gasteiger partial charge in [0.15, 0.2) is 0 Å². The van der Waals surface area contributed by atoms with Gasteiger partial charge in [-0.25, -0.2) is 0 Å². The molecule has 0 heterocycles. The summed E-state index contributed by atoms with van der Waals surface area (Å²) in [6.07, 6.45) is 1.03. The molecule has 0 aromatic heterocycles. The van der Waals surface area contributed by atoms with Gasteiger partial charge in [0, 0.05) is 5.92 Å². The Balaban J connectivity index is 2.67. The zero-order valence-corrected chi connectivity index (χ0v) is 9.99. The molecule has 4 nitrogen and oxygen atoms in total. The molecule has 0 saturated carbocycles. The van der Waals surface area contributed by atoms with Crippen LogP contribution in [0.15, 0.2) is 24.3 Å². The van der Waals surface area contributed by atoms with Gasteiger partial charge in [-0.1, -0.05) is 19.1 Å². The predicted octanol–water partition coefficient (Wildman–Crippen LogP) is 1.64. The van der Waals surface area contributed by atoms with Crippen molar-refractivity contribution >= 4 is 10.1 Å². The van der Waals surface area contributed by atoms with Crippen molar-refractivity contribution in [3.63, 3.8) is 0 Å². The lowest BCUT2D eigenvalue weighted by molar-refractivity contribution is 0.301. The molecule has 0 bridgehead atoms. The first-order chi connectivity index (χ1) is 7.42. The molecule has 0 saturated heterocycles. The van der Waals surface area contributed by atoms with Crippen molar-refractivity contribution in [3.05, 3.63) is 35.4 Å². The highest BCUT2D eigenvalue weighted by molar-refractivity contribution is 7.85. The molecule has 0 aliphatic carbocycles. The smallest absolute Gasteiger partial charge is 0.264 e. The second kappa shape index (κ2) is 5.10. The highest BCUT2D eigenvalue weighted by Crippen LogP contribution is 2.16. The van der Waals surface area contributed by atoms with Crippen molar-refractivity contribution in [2.75, 3.05) is 12.9 Å². The average Bonchev–Trinajstić information content (AvgIpc) is 2.25. The summed E-state index contributed by atoms with van der Waals surface area (Å²) in [7, 11) is -3.39. The minimum Gasteiger partial charge on any atom is -0.270 e. The zero-order chi connectivity index (χ0) is 12.2. The Labute approximate surface area is 95.6 Å². The fourth-order valence-electron chi connectivity index (χ4n) is 1.21. The van der Waals surface area contributed by atoms with E-state index in [-0.39, 0.29) is 12.5 Å². The van der Waals surface area contributed by atoms with Crippen LogP contribution in [0.2, 0.25) is 0 Å². The summed E-state index contributed by atoms with van der Waals surface area (Å²) < 4.78 is 26.3. The Morgan fingerprint density at radius 3 is 2.38 bits per heavy atom. The lowest BCUT2D eigenvalue weighted by Crippen LogP contribution is -2.09. The summed E-state index contributed by atoms with van der Waals surface area (Å²) in [5, 5.41) is 8.62. The van der Waals surface area contributed by atoms with Gasteiger partial charge in [-0.2, -0.15) is 13.7 Å². The Morgan fingerprint density at radius 2 is 1.94 bits per heavy atom. The summed E-state index contributed by atoms with van der Waals surface area (Å²) in [5.41, 5.74) is 1.53.